The molecule has 1 saturated heterocycles. The van der Waals surface area contributed by atoms with E-state index < -0.39 is 0 Å². The van der Waals surface area contributed by atoms with Crippen LogP contribution in [0.2, 0.25) is 0 Å². The first kappa shape index (κ1) is 14.6. The summed E-state index contributed by atoms with van der Waals surface area (Å²) in [6.45, 7) is 1.44. The first-order valence-corrected chi connectivity index (χ1v) is 7.60. The molecule has 1 aliphatic rings. The van der Waals surface area contributed by atoms with Gasteiger partial charge in [-0.15, -0.1) is 0 Å². The highest BCUT2D eigenvalue weighted by Gasteiger charge is 2.20. The van der Waals surface area contributed by atoms with Crippen LogP contribution in [-0.4, -0.2) is 31.0 Å². The molecule has 3 rings (SSSR count). The second-order valence-electron chi connectivity index (χ2n) is 5.54. The highest BCUT2D eigenvalue weighted by atomic mass is 16.5. The van der Waals surface area contributed by atoms with Crippen molar-refractivity contribution in [3.63, 3.8) is 0 Å². The Morgan fingerprint density at radius 2 is 1.86 bits per heavy atom. The Morgan fingerprint density at radius 3 is 2.55 bits per heavy atom. The van der Waals surface area contributed by atoms with E-state index in [9.17, 15) is 9.59 Å². The van der Waals surface area contributed by atoms with Crippen LogP contribution < -0.4 is 10.2 Å². The van der Waals surface area contributed by atoms with Gasteiger partial charge in [-0.3, -0.25) is 9.59 Å². The SMILES string of the molecule is COc1ccc2c(=O)cc(C(=O)N3CCCCCC3)oc2c1. The number of likely N-dealkylation sites (tertiary alicyclic amines) is 1. The fourth-order valence-electron chi connectivity index (χ4n) is 2.80. The summed E-state index contributed by atoms with van der Waals surface area (Å²) in [5, 5.41) is 0.452. The summed E-state index contributed by atoms with van der Waals surface area (Å²) >= 11 is 0. The largest absolute Gasteiger partial charge is 0.497 e. The van der Waals surface area contributed by atoms with E-state index in [0.29, 0.717) is 16.7 Å². The Hall–Kier alpha value is -2.30. The van der Waals surface area contributed by atoms with Crippen molar-refractivity contribution in [3.8, 4) is 5.75 Å². The Morgan fingerprint density at radius 1 is 1.14 bits per heavy atom. The molecule has 0 atom stereocenters. The van der Waals surface area contributed by atoms with Gasteiger partial charge in [0, 0.05) is 25.2 Å². The maximum atomic E-state index is 12.6. The van der Waals surface area contributed by atoms with Gasteiger partial charge >= 0.3 is 0 Å². The standard InChI is InChI=1S/C17H19NO4/c1-21-12-6-7-13-14(19)11-16(22-15(13)10-12)17(20)18-8-4-2-3-5-9-18/h6-7,10-11H,2-5,8-9H2,1H3. The number of ether oxygens (including phenoxy) is 1. The molecule has 1 fully saturated rings. The second kappa shape index (κ2) is 6.22. The molecule has 5 heteroatoms. The van der Waals surface area contributed by atoms with Gasteiger partial charge in [-0.25, -0.2) is 0 Å². The predicted molar refractivity (Wildman–Crippen MR) is 83.4 cm³/mol. The van der Waals surface area contributed by atoms with Gasteiger partial charge in [-0.05, 0) is 25.0 Å². The number of nitrogens with zero attached hydrogens (tertiary/aromatic N) is 1. The van der Waals surface area contributed by atoms with Gasteiger partial charge < -0.3 is 14.1 Å². The number of carbonyl (C=O) groups is 1. The third-order valence-electron chi connectivity index (χ3n) is 4.04. The van der Waals surface area contributed by atoms with E-state index in [2.05, 4.69) is 0 Å². The summed E-state index contributed by atoms with van der Waals surface area (Å²) in [7, 11) is 1.55. The number of carbonyl (C=O) groups excluding carboxylic acids is 1. The molecule has 0 N–H and O–H groups in total. The lowest BCUT2D eigenvalue weighted by Gasteiger charge is -2.19. The van der Waals surface area contributed by atoms with E-state index in [0.717, 1.165) is 38.8 Å². The van der Waals surface area contributed by atoms with Crippen molar-refractivity contribution in [2.24, 2.45) is 0 Å². The summed E-state index contributed by atoms with van der Waals surface area (Å²) in [6, 6.07) is 6.29. The van der Waals surface area contributed by atoms with Gasteiger partial charge in [-0.2, -0.15) is 0 Å². The Kier molecular flexibility index (Phi) is 4.13. The zero-order valence-electron chi connectivity index (χ0n) is 12.6. The van der Waals surface area contributed by atoms with Gasteiger partial charge in [0.05, 0.1) is 12.5 Å². The molecule has 0 spiro atoms. The molecule has 0 bridgehead atoms. The number of hydrogen-bond donors (Lipinski definition) is 0. The van der Waals surface area contributed by atoms with Gasteiger partial charge in [0.15, 0.2) is 11.2 Å². The summed E-state index contributed by atoms with van der Waals surface area (Å²) in [5.74, 6) is 0.492. The third-order valence-corrected chi connectivity index (χ3v) is 4.04. The van der Waals surface area contributed by atoms with Crippen molar-refractivity contribution in [1.29, 1.82) is 0 Å². The first-order chi connectivity index (χ1) is 10.7. The van der Waals surface area contributed by atoms with E-state index in [1.807, 2.05) is 0 Å². The third kappa shape index (κ3) is 2.84. The van der Waals surface area contributed by atoms with Gasteiger partial charge in [0.2, 0.25) is 0 Å². The molecule has 1 aromatic carbocycles. The molecule has 116 valence electrons. The highest BCUT2D eigenvalue weighted by Crippen LogP contribution is 2.20. The molecular weight excluding hydrogens is 282 g/mol. The molecule has 2 aromatic rings. The molecular formula is C17H19NO4. The summed E-state index contributed by atoms with van der Waals surface area (Å²) in [5.41, 5.74) is 0.173. The highest BCUT2D eigenvalue weighted by molar-refractivity contribution is 5.93. The first-order valence-electron chi connectivity index (χ1n) is 7.60. The van der Waals surface area contributed by atoms with E-state index in [-0.39, 0.29) is 17.1 Å². The van der Waals surface area contributed by atoms with Crippen molar-refractivity contribution < 1.29 is 13.9 Å². The fourth-order valence-corrected chi connectivity index (χ4v) is 2.80. The maximum Gasteiger partial charge on any atom is 0.289 e. The molecule has 2 heterocycles. The number of fused-ring (bicyclic) bond motifs is 1. The zero-order valence-corrected chi connectivity index (χ0v) is 12.6. The monoisotopic (exact) mass is 301 g/mol. The van der Waals surface area contributed by atoms with Gasteiger partial charge in [0.25, 0.3) is 5.91 Å². The van der Waals surface area contributed by atoms with Gasteiger partial charge in [-0.1, -0.05) is 12.8 Å². The van der Waals surface area contributed by atoms with Crippen molar-refractivity contribution in [2.45, 2.75) is 25.7 Å². The second-order valence-corrected chi connectivity index (χ2v) is 5.54. The number of rotatable bonds is 2. The quantitative estimate of drug-likeness (QED) is 0.856. The fraction of sp³-hybridized carbons (Fsp3) is 0.412. The average molecular weight is 301 g/mol. The van der Waals surface area contributed by atoms with Crippen LogP contribution in [0.5, 0.6) is 5.75 Å². The van der Waals surface area contributed by atoms with Crippen LogP contribution in [0.1, 0.15) is 36.2 Å². The molecule has 1 aromatic heterocycles. The molecule has 0 radical (unpaired) electrons. The van der Waals surface area contributed by atoms with Crippen molar-refractivity contribution in [3.05, 3.63) is 40.2 Å². The number of amides is 1. The summed E-state index contributed by atoms with van der Waals surface area (Å²) in [6.07, 6.45) is 4.28. The maximum absolute atomic E-state index is 12.6. The molecule has 0 aliphatic carbocycles. The molecule has 1 aliphatic heterocycles. The van der Waals surface area contributed by atoms with Crippen LogP contribution in [0, 0.1) is 0 Å². The van der Waals surface area contributed by atoms with Crippen LogP contribution in [0.25, 0.3) is 11.0 Å². The molecule has 22 heavy (non-hydrogen) atoms. The van der Waals surface area contributed by atoms with E-state index in [1.54, 1.807) is 30.2 Å². The van der Waals surface area contributed by atoms with Crippen LogP contribution in [0.4, 0.5) is 0 Å². The Labute approximate surface area is 128 Å². The van der Waals surface area contributed by atoms with Crippen LogP contribution >= 0.6 is 0 Å². The average Bonchev–Trinajstić information content (AvgIpc) is 2.82. The number of hydrogen-bond acceptors (Lipinski definition) is 4. The van der Waals surface area contributed by atoms with Crippen molar-refractivity contribution >= 4 is 16.9 Å². The van der Waals surface area contributed by atoms with Gasteiger partial charge in [0.1, 0.15) is 11.3 Å². The predicted octanol–water partition coefficient (Wildman–Crippen LogP) is 2.82. The smallest absolute Gasteiger partial charge is 0.289 e. The minimum atomic E-state index is -0.206. The van der Waals surface area contributed by atoms with Crippen molar-refractivity contribution in [1.82, 2.24) is 4.90 Å². The topological polar surface area (TPSA) is 59.8 Å². The lowest BCUT2D eigenvalue weighted by molar-refractivity contribution is 0.0730. The molecule has 1 amide bonds. The normalized spacial score (nSPS) is 15.6. The van der Waals surface area contributed by atoms with Crippen molar-refractivity contribution in [2.75, 3.05) is 20.2 Å². The van der Waals surface area contributed by atoms with Crippen LogP contribution in [-0.2, 0) is 0 Å². The van der Waals surface area contributed by atoms with Crippen LogP contribution in [0.3, 0.4) is 0 Å². The molecule has 0 saturated carbocycles. The summed E-state index contributed by atoms with van der Waals surface area (Å²) in [4.78, 5) is 26.5. The summed E-state index contributed by atoms with van der Waals surface area (Å²) < 4.78 is 10.8. The van der Waals surface area contributed by atoms with E-state index in [4.69, 9.17) is 9.15 Å². The molecule has 5 nitrogen and oxygen atoms in total. The number of methoxy groups -OCH3 is 1. The van der Waals surface area contributed by atoms with E-state index >= 15 is 0 Å². The Bertz CT molecular complexity index is 742. The minimum Gasteiger partial charge on any atom is -0.497 e. The zero-order chi connectivity index (χ0) is 15.5. The molecule has 0 unspecified atom stereocenters. The lowest BCUT2D eigenvalue weighted by atomic mass is 10.2. The van der Waals surface area contributed by atoms with Crippen LogP contribution in [0.15, 0.2) is 33.5 Å². The van der Waals surface area contributed by atoms with E-state index in [1.165, 1.54) is 6.07 Å². The minimum absolute atomic E-state index is 0.104. The Balaban J connectivity index is 1.99. The number of benzene rings is 1. The lowest BCUT2D eigenvalue weighted by Crippen LogP contribution is -2.32.